The fourth-order valence-electron chi connectivity index (χ4n) is 3.83. The smallest absolute Gasteiger partial charge is 0.267 e. The highest BCUT2D eigenvalue weighted by atomic mass is 32.2. The molecule has 0 amide bonds. The average Bonchev–Trinajstić information content (AvgIpc) is 2.64. The monoisotopic (exact) mass is 420 g/mol. The molecule has 2 unspecified atom stereocenters. The molecular weight excluding hydrogens is 372 g/mol. The second-order valence-electron chi connectivity index (χ2n) is 8.54. The normalized spacial score (nSPS) is 14.3. The van der Waals surface area contributed by atoms with Gasteiger partial charge in [-0.25, -0.2) is 0 Å². The molecule has 170 valence electrons. The predicted octanol–water partition coefficient (Wildman–Crippen LogP) is 7.06. The Morgan fingerprint density at radius 2 is 0.893 bits per heavy atom. The summed E-state index contributed by atoms with van der Waals surface area (Å²) in [6.07, 6.45) is 20.0. The maximum Gasteiger partial charge on any atom is 0.267 e. The van der Waals surface area contributed by atoms with Crippen LogP contribution in [-0.2, 0) is 10.1 Å². The third-order valence-electron chi connectivity index (χ3n) is 5.76. The molecule has 5 heteroatoms. The van der Waals surface area contributed by atoms with Crippen LogP contribution in [0.3, 0.4) is 0 Å². The summed E-state index contributed by atoms with van der Waals surface area (Å²) in [5, 5.41) is 9.34. The topological polar surface area (TPSA) is 74.6 Å². The minimum Gasteiger partial charge on any atom is -0.393 e. The van der Waals surface area contributed by atoms with Gasteiger partial charge in [0.15, 0.2) is 0 Å². The molecule has 2 atom stereocenters. The van der Waals surface area contributed by atoms with Crippen LogP contribution in [0.4, 0.5) is 0 Å². The Morgan fingerprint density at radius 3 is 1.29 bits per heavy atom. The molecule has 0 aromatic carbocycles. The van der Waals surface area contributed by atoms with Gasteiger partial charge in [-0.3, -0.25) is 4.55 Å². The van der Waals surface area contributed by atoms with Crippen molar-refractivity contribution in [1.29, 1.82) is 0 Å². The summed E-state index contributed by atoms with van der Waals surface area (Å²) in [4.78, 5) is 0. The molecule has 0 radical (unpaired) electrons. The molecule has 0 fully saturated rings. The second-order valence-corrected chi connectivity index (χ2v) is 10.2. The first-order chi connectivity index (χ1) is 13.4. The van der Waals surface area contributed by atoms with Crippen molar-refractivity contribution in [1.82, 2.24) is 0 Å². The highest BCUT2D eigenvalue weighted by molar-refractivity contribution is 7.86. The Labute approximate surface area is 175 Å². The van der Waals surface area contributed by atoms with Gasteiger partial charge in [0.25, 0.3) is 10.1 Å². The molecule has 0 heterocycles. The van der Waals surface area contributed by atoms with Gasteiger partial charge < -0.3 is 5.11 Å². The van der Waals surface area contributed by atoms with Gasteiger partial charge in [-0.15, -0.1) is 0 Å². The molecule has 0 bridgehead atoms. The third kappa shape index (κ3) is 17.9. The number of rotatable bonds is 21. The number of hydrogen-bond acceptors (Lipinski definition) is 3. The van der Waals surface area contributed by atoms with Crippen LogP contribution in [0, 0.1) is 0 Å². The molecule has 0 rings (SSSR count). The summed E-state index contributed by atoms with van der Waals surface area (Å²) in [7, 11) is -3.89. The van der Waals surface area contributed by atoms with Crippen molar-refractivity contribution < 1.29 is 18.1 Å². The quantitative estimate of drug-likeness (QED) is 0.154. The lowest BCUT2D eigenvalue weighted by molar-refractivity contribution is 0.147. The fraction of sp³-hybridized carbons (Fsp3) is 1.00. The van der Waals surface area contributed by atoms with Crippen LogP contribution in [0.5, 0.6) is 0 Å². The molecule has 28 heavy (non-hydrogen) atoms. The lowest BCUT2D eigenvalue weighted by Gasteiger charge is -2.13. The summed E-state index contributed by atoms with van der Waals surface area (Å²) in [6.45, 7) is 4.29. The number of aliphatic hydroxyl groups is 1. The maximum atomic E-state index is 11.5. The molecule has 0 aliphatic rings. The van der Waals surface area contributed by atoms with Crippen LogP contribution < -0.4 is 0 Å². The summed E-state index contributed by atoms with van der Waals surface area (Å²) in [6, 6.07) is 0. The van der Waals surface area contributed by atoms with Crippen molar-refractivity contribution in [3.05, 3.63) is 0 Å². The third-order valence-corrected chi connectivity index (χ3v) is 7.07. The van der Waals surface area contributed by atoms with Crippen molar-refractivity contribution in [2.24, 2.45) is 0 Å². The van der Waals surface area contributed by atoms with Gasteiger partial charge in [-0.05, 0) is 25.7 Å². The van der Waals surface area contributed by atoms with E-state index in [9.17, 15) is 18.1 Å². The first-order valence-corrected chi connectivity index (χ1v) is 13.6. The minimum atomic E-state index is -3.89. The van der Waals surface area contributed by atoms with Gasteiger partial charge in [-0.2, -0.15) is 8.42 Å². The number of hydrogen-bond donors (Lipinski definition) is 2. The molecule has 0 saturated carbocycles. The number of aliphatic hydroxyl groups excluding tert-OH is 1. The van der Waals surface area contributed by atoms with Gasteiger partial charge in [0.05, 0.1) is 11.4 Å². The second kappa shape index (κ2) is 18.9. The summed E-state index contributed by atoms with van der Waals surface area (Å²) in [5.74, 6) is 0. The van der Waals surface area contributed by atoms with Crippen LogP contribution in [0.2, 0.25) is 0 Å². The zero-order valence-electron chi connectivity index (χ0n) is 18.7. The Hall–Kier alpha value is -0.130. The van der Waals surface area contributed by atoms with E-state index < -0.39 is 15.4 Å². The SMILES string of the molecule is CCCCCC(O)CCCCCCCCCCCC(CCCCC)S(=O)(=O)O. The van der Waals surface area contributed by atoms with Gasteiger partial charge in [0.1, 0.15) is 0 Å². The molecular formula is C23H48O4S. The van der Waals surface area contributed by atoms with E-state index in [2.05, 4.69) is 13.8 Å². The minimum absolute atomic E-state index is 0.0971. The molecule has 0 aliphatic heterocycles. The van der Waals surface area contributed by atoms with Crippen molar-refractivity contribution in [3.63, 3.8) is 0 Å². The summed E-state index contributed by atoms with van der Waals surface area (Å²) in [5.41, 5.74) is 0. The van der Waals surface area contributed by atoms with E-state index in [0.29, 0.717) is 12.8 Å². The average molecular weight is 421 g/mol. The van der Waals surface area contributed by atoms with E-state index in [1.165, 1.54) is 44.9 Å². The standard InChI is InChI=1S/C23H48O4S/c1-3-5-14-18-22(24)19-16-12-10-8-7-9-11-13-17-21-23(28(25,26)27)20-15-6-4-2/h22-24H,3-21H2,1-2H3,(H,25,26,27). The Kier molecular flexibility index (Phi) is 18.8. The molecule has 4 nitrogen and oxygen atoms in total. The molecule has 0 spiro atoms. The molecule has 0 aromatic heterocycles. The van der Waals surface area contributed by atoms with Crippen molar-refractivity contribution in [2.75, 3.05) is 0 Å². The van der Waals surface area contributed by atoms with Crippen LogP contribution >= 0.6 is 0 Å². The van der Waals surface area contributed by atoms with E-state index in [4.69, 9.17) is 0 Å². The maximum absolute atomic E-state index is 11.5. The highest BCUT2D eigenvalue weighted by Gasteiger charge is 2.21. The van der Waals surface area contributed by atoms with E-state index in [1.54, 1.807) is 0 Å². The lowest BCUT2D eigenvalue weighted by Crippen LogP contribution is -2.20. The van der Waals surface area contributed by atoms with Gasteiger partial charge >= 0.3 is 0 Å². The zero-order valence-corrected chi connectivity index (χ0v) is 19.5. The summed E-state index contributed by atoms with van der Waals surface area (Å²) >= 11 is 0. The van der Waals surface area contributed by atoms with Crippen LogP contribution in [0.25, 0.3) is 0 Å². The van der Waals surface area contributed by atoms with Crippen molar-refractivity contribution in [2.45, 2.75) is 147 Å². The van der Waals surface area contributed by atoms with Crippen LogP contribution in [0.15, 0.2) is 0 Å². The highest BCUT2D eigenvalue weighted by Crippen LogP contribution is 2.19. The van der Waals surface area contributed by atoms with Gasteiger partial charge in [-0.1, -0.05) is 110 Å². The van der Waals surface area contributed by atoms with E-state index in [0.717, 1.165) is 64.2 Å². The first-order valence-electron chi connectivity index (χ1n) is 12.1. The Morgan fingerprint density at radius 1 is 0.571 bits per heavy atom. The first kappa shape index (κ1) is 27.9. The Bertz CT molecular complexity index is 422. The predicted molar refractivity (Wildman–Crippen MR) is 120 cm³/mol. The molecule has 2 N–H and O–H groups in total. The fourth-order valence-corrected chi connectivity index (χ4v) is 4.76. The van der Waals surface area contributed by atoms with Crippen molar-refractivity contribution >= 4 is 10.1 Å². The van der Waals surface area contributed by atoms with Crippen LogP contribution in [0.1, 0.15) is 136 Å². The Balaban J connectivity index is 3.50. The summed E-state index contributed by atoms with van der Waals surface area (Å²) < 4.78 is 32.3. The van der Waals surface area contributed by atoms with Crippen LogP contribution in [-0.4, -0.2) is 29.4 Å². The molecule has 0 aromatic rings. The lowest BCUT2D eigenvalue weighted by atomic mass is 10.0. The molecule has 0 saturated heterocycles. The van der Waals surface area contributed by atoms with Gasteiger partial charge in [0, 0.05) is 0 Å². The van der Waals surface area contributed by atoms with E-state index in [1.807, 2.05) is 0 Å². The zero-order chi connectivity index (χ0) is 21.1. The van der Waals surface area contributed by atoms with E-state index >= 15 is 0 Å². The molecule has 0 aliphatic carbocycles. The largest absolute Gasteiger partial charge is 0.393 e. The van der Waals surface area contributed by atoms with E-state index in [-0.39, 0.29) is 6.10 Å². The number of unbranched alkanes of at least 4 members (excludes halogenated alkanes) is 12. The van der Waals surface area contributed by atoms with Crippen molar-refractivity contribution in [3.8, 4) is 0 Å². The van der Waals surface area contributed by atoms with Gasteiger partial charge in [0.2, 0.25) is 0 Å².